The minimum atomic E-state index is -1.31. The second-order valence-electron chi connectivity index (χ2n) is 9.98. The number of carboxylic acid groups (broad SMARTS) is 1. The predicted molar refractivity (Wildman–Crippen MR) is 186 cm³/mol. The van der Waals surface area contributed by atoms with Crippen LogP contribution in [0.5, 0.6) is 0 Å². The van der Waals surface area contributed by atoms with Gasteiger partial charge in [0.1, 0.15) is 15.9 Å². The summed E-state index contributed by atoms with van der Waals surface area (Å²) in [6.45, 7) is -1.98. The van der Waals surface area contributed by atoms with Crippen molar-refractivity contribution in [2.24, 2.45) is 0 Å². The third kappa shape index (κ3) is 12.2. The molecule has 0 fully saturated rings. The van der Waals surface area contributed by atoms with Crippen molar-refractivity contribution >= 4 is 41.2 Å². The second-order valence-corrected chi connectivity index (χ2v) is 12.5. The smallest absolute Gasteiger partial charge is 0.317 e. The van der Waals surface area contributed by atoms with Gasteiger partial charge in [-0.05, 0) is 60.7 Å². The van der Waals surface area contributed by atoms with Gasteiger partial charge >= 0.3 is 5.97 Å². The molecule has 0 atom stereocenters. The molecule has 0 bridgehead atoms. The summed E-state index contributed by atoms with van der Waals surface area (Å²) in [5.41, 5.74) is 0.440. The van der Waals surface area contributed by atoms with Gasteiger partial charge in [0.15, 0.2) is 0 Å². The zero-order valence-corrected chi connectivity index (χ0v) is 28.1. The molecule has 5 rings (SSSR count). The number of rotatable bonds is 11. The van der Waals surface area contributed by atoms with E-state index < -0.39 is 45.8 Å². The van der Waals surface area contributed by atoms with Gasteiger partial charge in [-0.2, -0.15) is 0 Å². The van der Waals surface area contributed by atoms with Gasteiger partial charge in [-0.15, -0.1) is 0 Å². The molecule has 5 aromatic carbocycles. The number of benzene rings is 5. The maximum Gasteiger partial charge on any atom is 0.317 e. The minimum Gasteiger partial charge on any atom is -0.578 e. The Morgan fingerprint density at radius 1 is 0.587 bits per heavy atom. The number of carbonyl (C=O) groups is 1. The molecule has 0 aromatic heterocycles. The number of para-hydroxylation sites is 2. The SMILES string of the molecule is O=C(O)CNC(CO)(CO)CO.[NH-]N(c1ccccc1)c1ccccc1.[Tc].c1ccc([PH+](c2ccccc2)c2ccccc2)cc1. The van der Waals surface area contributed by atoms with Crippen LogP contribution in [0, 0.1) is 0 Å². The topological polar surface area (TPSA) is 137 Å². The summed E-state index contributed by atoms with van der Waals surface area (Å²) in [6, 6.07) is 51.8. The molecule has 0 aliphatic carbocycles. The summed E-state index contributed by atoms with van der Waals surface area (Å²) in [6.07, 6.45) is 0. The van der Waals surface area contributed by atoms with E-state index in [1.807, 2.05) is 60.7 Å². The van der Waals surface area contributed by atoms with E-state index in [2.05, 4.69) is 96.3 Å². The Morgan fingerprint density at radius 2 is 0.870 bits per heavy atom. The van der Waals surface area contributed by atoms with Crippen LogP contribution in [-0.2, 0) is 24.9 Å². The maximum atomic E-state index is 10.1. The van der Waals surface area contributed by atoms with E-state index in [1.165, 1.54) is 20.9 Å². The van der Waals surface area contributed by atoms with E-state index in [1.54, 1.807) is 0 Å². The van der Waals surface area contributed by atoms with E-state index in [0.29, 0.717) is 0 Å². The number of aliphatic carboxylic acids is 1. The van der Waals surface area contributed by atoms with Gasteiger partial charge in [0.2, 0.25) is 0 Å². The molecule has 0 saturated heterocycles. The number of anilines is 2. The predicted octanol–water partition coefficient (Wildman–Crippen LogP) is 4.34. The van der Waals surface area contributed by atoms with Crippen molar-refractivity contribution < 1.29 is 45.3 Å². The summed E-state index contributed by atoms with van der Waals surface area (Å²) < 4.78 is 0. The van der Waals surface area contributed by atoms with Gasteiger partial charge in [0.05, 0.1) is 39.8 Å². The Hall–Kier alpha value is -3.75. The van der Waals surface area contributed by atoms with Crippen LogP contribution < -0.4 is 26.2 Å². The third-order valence-corrected chi connectivity index (χ3v) is 9.47. The molecule has 241 valence electrons. The largest absolute Gasteiger partial charge is 0.578 e. The number of nitrogens with one attached hydrogen (secondary N) is 2. The number of aliphatic hydroxyl groups is 3. The quantitative estimate of drug-likeness (QED) is 0.101. The Labute approximate surface area is 285 Å². The molecule has 0 aliphatic rings. The van der Waals surface area contributed by atoms with E-state index >= 15 is 0 Å². The minimum absolute atomic E-state index is 0. The van der Waals surface area contributed by atoms with Crippen LogP contribution in [0.15, 0.2) is 152 Å². The number of nitrogens with zero attached hydrogens (tertiary/aromatic N) is 1. The van der Waals surface area contributed by atoms with Gasteiger partial charge in [0, 0.05) is 31.5 Å². The summed E-state index contributed by atoms with van der Waals surface area (Å²) in [4.78, 5) is 10.1. The molecule has 8 nitrogen and oxygen atoms in total. The van der Waals surface area contributed by atoms with Crippen LogP contribution in [0.4, 0.5) is 11.4 Å². The van der Waals surface area contributed by atoms with Gasteiger partial charge in [0.25, 0.3) is 0 Å². The summed E-state index contributed by atoms with van der Waals surface area (Å²) >= 11 is 0. The first kappa shape index (κ1) is 38.4. The van der Waals surface area contributed by atoms with E-state index in [4.69, 9.17) is 26.3 Å². The van der Waals surface area contributed by atoms with Gasteiger partial charge < -0.3 is 31.3 Å². The van der Waals surface area contributed by atoms with Crippen LogP contribution >= 0.6 is 7.92 Å². The summed E-state index contributed by atoms with van der Waals surface area (Å²) in [5.74, 6) is 6.77. The average Bonchev–Trinajstić information content (AvgIpc) is 3.12. The number of hydrogen-bond acceptors (Lipinski definition) is 6. The fourth-order valence-corrected chi connectivity index (χ4v) is 6.78. The summed E-state index contributed by atoms with van der Waals surface area (Å²) in [7, 11) is -0.877. The molecule has 10 heteroatoms. The zero-order valence-electron chi connectivity index (χ0n) is 25.3. The van der Waals surface area contributed by atoms with Crippen molar-refractivity contribution in [1.82, 2.24) is 5.32 Å². The molecule has 6 N–H and O–H groups in total. The number of carboxylic acids is 1. The van der Waals surface area contributed by atoms with E-state index in [0.717, 1.165) is 11.4 Å². The Balaban J connectivity index is 0.000000246. The molecule has 0 amide bonds. The molecular formula is C36H40N3O5PTc. The van der Waals surface area contributed by atoms with Gasteiger partial charge in [-0.1, -0.05) is 91.0 Å². The molecule has 46 heavy (non-hydrogen) atoms. The monoisotopic (exact) mass is 722 g/mol. The van der Waals surface area contributed by atoms with Crippen LogP contribution in [0.25, 0.3) is 5.84 Å². The average molecular weight is 724 g/mol. The Kier molecular flexibility index (Phi) is 17.6. The molecule has 5 aromatic rings. The fourth-order valence-electron chi connectivity index (χ4n) is 4.20. The number of hydrogen-bond donors (Lipinski definition) is 5. The Morgan fingerprint density at radius 3 is 1.13 bits per heavy atom. The van der Waals surface area contributed by atoms with Crippen molar-refractivity contribution in [2.45, 2.75) is 5.54 Å². The van der Waals surface area contributed by atoms with Gasteiger partial charge in [-0.25, -0.2) is 0 Å². The van der Waals surface area contributed by atoms with Crippen molar-refractivity contribution in [3.63, 3.8) is 0 Å². The van der Waals surface area contributed by atoms with Crippen LogP contribution in [-0.4, -0.2) is 58.3 Å². The van der Waals surface area contributed by atoms with E-state index in [-0.39, 0.29) is 20.1 Å². The second kappa shape index (κ2) is 21.1. The van der Waals surface area contributed by atoms with E-state index in [9.17, 15) is 4.79 Å². The first-order valence-corrected chi connectivity index (χ1v) is 15.9. The van der Waals surface area contributed by atoms with Crippen molar-refractivity contribution in [3.8, 4) is 0 Å². The van der Waals surface area contributed by atoms with Crippen molar-refractivity contribution in [2.75, 3.05) is 31.4 Å². The van der Waals surface area contributed by atoms with Crippen LogP contribution in [0.2, 0.25) is 0 Å². The molecule has 0 heterocycles. The Bertz CT molecular complexity index is 1360. The normalized spacial score (nSPS) is 10.4. The van der Waals surface area contributed by atoms with Crippen molar-refractivity contribution in [1.29, 1.82) is 0 Å². The van der Waals surface area contributed by atoms with Gasteiger partial charge in [-0.3, -0.25) is 10.1 Å². The molecule has 1 radical (unpaired) electrons. The first-order valence-electron chi connectivity index (χ1n) is 14.4. The zero-order chi connectivity index (χ0) is 32.3. The number of aliphatic hydroxyl groups excluding tert-OH is 3. The third-order valence-electron chi connectivity index (χ3n) is 6.74. The van der Waals surface area contributed by atoms with Crippen molar-refractivity contribution in [3.05, 3.63) is 158 Å². The van der Waals surface area contributed by atoms with Crippen LogP contribution in [0.1, 0.15) is 0 Å². The molecule has 0 saturated carbocycles. The maximum absolute atomic E-state index is 10.1. The molecule has 0 aliphatic heterocycles. The standard InChI is InChI=1S/C18H15P.C12H11N2.C6H13NO5.Tc/c1-4-10-16(11-5-1)19(17-12-6-2-7-13-17)18-14-8-3-9-15-18;13-14(11-7-3-1-4-8-11)12-9-5-2-6-10-12;8-2-6(3-9,4-10)7-1-5(11)12;/h1-15H;1-10,13H;7-10H,1-4H2,(H,11,12);/q;-1;;/p+1. The molecular weight excluding hydrogens is 683 g/mol. The van der Waals surface area contributed by atoms with Crippen LogP contribution in [0.3, 0.4) is 0 Å². The summed E-state index contributed by atoms with van der Waals surface area (Å²) in [5, 5.41) is 42.5. The first-order chi connectivity index (χ1) is 21.9. The molecule has 0 spiro atoms. The fraction of sp³-hybridized carbons (Fsp3) is 0.139. The molecule has 0 unspecified atom stereocenters.